The van der Waals surface area contributed by atoms with Crippen LogP contribution >= 0.6 is 15.9 Å². The Morgan fingerprint density at radius 1 is 1.33 bits per heavy atom. The highest BCUT2D eigenvalue weighted by molar-refractivity contribution is 9.10. The molecule has 0 bridgehead atoms. The summed E-state index contributed by atoms with van der Waals surface area (Å²) in [6, 6.07) is 5.02. The van der Waals surface area contributed by atoms with Gasteiger partial charge < -0.3 is 10.1 Å². The molecule has 1 heterocycles. The summed E-state index contributed by atoms with van der Waals surface area (Å²) in [6.07, 6.45) is 4.73. The molecule has 1 aliphatic heterocycles. The highest BCUT2D eigenvalue weighted by Gasteiger charge is 2.38. The van der Waals surface area contributed by atoms with Crippen molar-refractivity contribution < 1.29 is 9.13 Å². The standard InChI is InChI=1S/C14H17BrFNO/c15-10-3-4-12(16)11(7-10)13-8-17-14(9-18-13)5-1-2-6-14/h3-4,7,13,17H,1-2,5-6,8-9H2. The fraction of sp³-hybridized carbons (Fsp3) is 0.571. The number of rotatable bonds is 1. The lowest BCUT2D eigenvalue weighted by Crippen LogP contribution is -2.53. The van der Waals surface area contributed by atoms with E-state index in [0.717, 1.165) is 4.47 Å². The van der Waals surface area contributed by atoms with Gasteiger partial charge in [-0.2, -0.15) is 0 Å². The third-order valence-corrected chi connectivity index (χ3v) is 4.58. The van der Waals surface area contributed by atoms with E-state index in [4.69, 9.17) is 4.74 Å². The molecule has 0 aromatic heterocycles. The summed E-state index contributed by atoms with van der Waals surface area (Å²) in [6.45, 7) is 1.40. The Labute approximate surface area is 115 Å². The van der Waals surface area contributed by atoms with E-state index in [9.17, 15) is 4.39 Å². The van der Waals surface area contributed by atoms with Crippen molar-refractivity contribution >= 4 is 15.9 Å². The van der Waals surface area contributed by atoms with Crippen LogP contribution in [0.1, 0.15) is 37.4 Å². The van der Waals surface area contributed by atoms with Crippen LogP contribution < -0.4 is 5.32 Å². The summed E-state index contributed by atoms with van der Waals surface area (Å²) in [4.78, 5) is 0. The van der Waals surface area contributed by atoms with Gasteiger partial charge in [-0.25, -0.2) is 4.39 Å². The number of morpholine rings is 1. The van der Waals surface area contributed by atoms with Crippen molar-refractivity contribution in [3.05, 3.63) is 34.1 Å². The highest BCUT2D eigenvalue weighted by atomic mass is 79.9. The van der Waals surface area contributed by atoms with Gasteiger partial charge in [0.25, 0.3) is 0 Å². The van der Waals surface area contributed by atoms with E-state index in [1.54, 1.807) is 6.07 Å². The maximum Gasteiger partial charge on any atom is 0.129 e. The molecule has 0 radical (unpaired) electrons. The second-order valence-electron chi connectivity index (χ2n) is 5.33. The minimum absolute atomic E-state index is 0.166. The molecule has 2 fully saturated rings. The Bertz CT molecular complexity index is 435. The lowest BCUT2D eigenvalue weighted by Gasteiger charge is -2.38. The third kappa shape index (κ3) is 2.33. The first-order valence-corrected chi connectivity index (χ1v) is 7.29. The zero-order valence-corrected chi connectivity index (χ0v) is 11.8. The molecular formula is C14H17BrFNO. The predicted molar refractivity (Wildman–Crippen MR) is 72.0 cm³/mol. The fourth-order valence-electron chi connectivity index (χ4n) is 3.01. The molecule has 1 saturated carbocycles. The summed E-state index contributed by atoms with van der Waals surface area (Å²) >= 11 is 3.38. The summed E-state index contributed by atoms with van der Waals surface area (Å²) in [7, 11) is 0. The van der Waals surface area contributed by atoms with Crippen LogP contribution in [0.3, 0.4) is 0 Å². The van der Waals surface area contributed by atoms with Crippen LogP contribution in [0.5, 0.6) is 0 Å². The molecule has 3 rings (SSSR count). The predicted octanol–water partition coefficient (Wildman–Crippen LogP) is 3.56. The zero-order valence-electron chi connectivity index (χ0n) is 10.2. The first-order valence-electron chi connectivity index (χ1n) is 6.50. The number of hydrogen-bond donors (Lipinski definition) is 1. The van der Waals surface area contributed by atoms with E-state index in [1.807, 2.05) is 6.07 Å². The third-order valence-electron chi connectivity index (χ3n) is 4.09. The summed E-state index contributed by atoms with van der Waals surface area (Å²) < 4.78 is 20.6. The van der Waals surface area contributed by atoms with Crippen LogP contribution in [0.15, 0.2) is 22.7 Å². The van der Waals surface area contributed by atoms with Crippen molar-refractivity contribution in [2.75, 3.05) is 13.2 Å². The monoisotopic (exact) mass is 313 g/mol. The molecule has 2 aliphatic rings. The van der Waals surface area contributed by atoms with E-state index in [2.05, 4.69) is 21.2 Å². The van der Waals surface area contributed by atoms with Crippen molar-refractivity contribution in [3.63, 3.8) is 0 Å². The Morgan fingerprint density at radius 3 is 2.78 bits per heavy atom. The molecule has 18 heavy (non-hydrogen) atoms. The van der Waals surface area contributed by atoms with Gasteiger partial charge >= 0.3 is 0 Å². The highest BCUT2D eigenvalue weighted by Crippen LogP contribution is 2.35. The maximum atomic E-state index is 13.8. The smallest absolute Gasteiger partial charge is 0.129 e. The minimum atomic E-state index is -0.188. The van der Waals surface area contributed by atoms with E-state index in [1.165, 1.54) is 31.7 Å². The summed E-state index contributed by atoms with van der Waals surface area (Å²) in [5.41, 5.74) is 0.809. The number of hydrogen-bond acceptors (Lipinski definition) is 2. The van der Waals surface area contributed by atoms with Gasteiger partial charge in [0, 0.05) is 22.1 Å². The van der Waals surface area contributed by atoms with E-state index in [0.29, 0.717) is 18.7 Å². The molecule has 1 saturated heterocycles. The topological polar surface area (TPSA) is 21.3 Å². The molecule has 1 N–H and O–H groups in total. The van der Waals surface area contributed by atoms with Gasteiger partial charge in [0.2, 0.25) is 0 Å². The molecular weight excluding hydrogens is 297 g/mol. The minimum Gasteiger partial charge on any atom is -0.370 e. The van der Waals surface area contributed by atoms with Crippen LogP contribution in [-0.4, -0.2) is 18.7 Å². The molecule has 1 aromatic carbocycles. The van der Waals surface area contributed by atoms with Gasteiger partial charge in [0.15, 0.2) is 0 Å². The quantitative estimate of drug-likeness (QED) is 0.856. The molecule has 4 heteroatoms. The first-order chi connectivity index (χ1) is 8.69. The Morgan fingerprint density at radius 2 is 2.11 bits per heavy atom. The van der Waals surface area contributed by atoms with Crippen LogP contribution in [0, 0.1) is 5.82 Å². The second-order valence-corrected chi connectivity index (χ2v) is 6.25. The molecule has 0 amide bonds. The maximum absolute atomic E-state index is 13.8. The molecule has 98 valence electrons. The van der Waals surface area contributed by atoms with E-state index >= 15 is 0 Å². The van der Waals surface area contributed by atoms with Gasteiger partial charge in [-0.05, 0) is 31.0 Å². The van der Waals surface area contributed by atoms with Crippen LogP contribution in [0.4, 0.5) is 4.39 Å². The first kappa shape index (κ1) is 12.6. The number of ether oxygens (including phenoxy) is 1. The molecule has 2 nitrogen and oxygen atoms in total. The number of halogens is 2. The Hall–Kier alpha value is -0.450. The largest absolute Gasteiger partial charge is 0.370 e. The summed E-state index contributed by atoms with van der Waals surface area (Å²) in [5, 5.41) is 3.58. The average Bonchev–Trinajstić information content (AvgIpc) is 2.82. The number of nitrogens with one attached hydrogen (secondary N) is 1. The lowest BCUT2D eigenvalue weighted by molar-refractivity contribution is -0.0341. The molecule has 1 aromatic rings. The SMILES string of the molecule is Fc1ccc(Br)cc1C1CNC2(CCCC2)CO1. The van der Waals surface area contributed by atoms with E-state index < -0.39 is 0 Å². The van der Waals surface area contributed by atoms with Crippen molar-refractivity contribution in [2.24, 2.45) is 0 Å². The Kier molecular flexibility index (Phi) is 3.43. The molecule has 1 spiro atoms. The van der Waals surface area contributed by atoms with Gasteiger partial charge in [0.05, 0.1) is 12.7 Å². The summed E-state index contributed by atoms with van der Waals surface area (Å²) in [5.74, 6) is -0.188. The fourth-order valence-corrected chi connectivity index (χ4v) is 3.39. The molecule has 1 atom stereocenters. The van der Waals surface area contributed by atoms with Crippen molar-refractivity contribution in [3.8, 4) is 0 Å². The second kappa shape index (κ2) is 4.91. The van der Waals surface area contributed by atoms with Crippen LogP contribution in [0.25, 0.3) is 0 Å². The van der Waals surface area contributed by atoms with Gasteiger partial charge in [-0.1, -0.05) is 28.8 Å². The van der Waals surface area contributed by atoms with Crippen molar-refractivity contribution in [2.45, 2.75) is 37.3 Å². The van der Waals surface area contributed by atoms with Gasteiger partial charge in [-0.15, -0.1) is 0 Å². The van der Waals surface area contributed by atoms with Gasteiger partial charge in [0.1, 0.15) is 5.82 Å². The lowest BCUT2D eigenvalue weighted by atomic mass is 9.95. The molecule has 1 aliphatic carbocycles. The zero-order chi connectivity index (χ0) is 12.6. The van der Waals surface area contributed by atoms with Crippen LogP contribution in [0.2, 0.25) is 0 Å². The van der Waals surface area contributed by atoms with Crippen molar-refractivity contribution in [1.82, 2.24) is 5.32 Å². The Balaban J connectivity index is 1.74. The normalized spacial score (nSPS) is 26.7. The van der Waals surface area contributed by atoms with Gasteiger partial charge in [-0.3, -0.25) is 0 Å². The average molecular weight is 314 g/mol. The molecule has 1 unspecified atom stereocenters. The number of benzene rings is 1. The van der Waals surface area contributed by atoms with Crippen molar-refractivity contribution in [1.29, 1.82) is 0 Å². The van der Waals surface area contributed by atoms with Crippen LogP contribution in [-0.2, 0) is 4.74 Å². The van der Waals surface area contributed by atoms with E-state index in [-0.39, 0.29) is 17.5 Å².